The number of carbonyl (C=O) groups is 1. The topological polar surface area (TPSA) is 91.2 Å². The van der Waals surface area contributed by atoms with Gasteiger partial charge >= 0.3 is 0 Å². The number of hydrazone groups is 1. The highest BCUT2D eigenvalue weighted by atomic mass is 35.5. The molecule has 0 unspecified atom stereocenters. The Kier molecular flexibility index (Phi) is 12.7. The third-order valence-electron chi connectivity index (χ3n) is 4.23. The van der Waals surface area contributed by atoms with Gasteiger partial charge in [0.1, 0.15) is 12.8 Å². The molecule has 2 rings (SSSR count). The molecule has 1 aromatic heterocycles. The lowest BCUT2D eigenvalue weighted by molar-refractivity contribution is 0.0944. The van der Waals surface area contributed by atoms with Gasteiger partial charge in [-0.05, 0) is 63.6 Å². The molecule has 0 fully saturated rings. The van der Waals surface area contributed by atoms with Gasteiger partial charge in [0.25, 0.3) is 5.91 Å². The Morgan fingerprint density at radius 2 is 2.06 bits per heavy atom. The number of pyridine rings is 1. The van der Waals surface area contributed by atoms with Crippen LogP contribution in [0.3, 0.4) is 0 Å². The molecule has 1 amide bonds. The summed E-state index contributed by atoms with van der Waals surface area (Å²) in [6, 6.07) is 7.15. The molecule has 184 valence electrons. The Hall–Kier alpha value is -3.10. The maximum atomic E-state index is 11.9. The predicted octanol–water partition coefficient (Wildman–Crippen LogP) is 5.56. The Bertz CT molecular complexity index is 1020. The molecule has 0 radical (unpaired) electrons. The van der Waals surface area contributed by atoms with E-state index in [-0.39, 0.29) is 11.9 Å². The molecular weight excluding hydrogens is 475 g/mol. The van der Waals surface area contributed by atoms with Gasteiger partial charge in [0, 0.05) is 36.5 Å². The fraction of sp³-hybridized carbons (Fsp3) is 0.333. The number of hydrogen-bond donors (Lipinski definition) is 2. The summed E-state index contributed by atoms with van der Waals surface area (Å²) in [6.07, 6.45) is 4.70. The van der Waals surface area contributed by atoms with Gasteiger partial charge in [-0.1, -0.05) is 34.9 Å². The SMILES string of the molecule is C=CC(/C=N/OC)=N\N(CC)c1ncccc1Cl.CNc1c(C)cc(Cl)cc1C(=O)NC(C)C. The van der Waals surface area contributed by atoms with Crippen molar-refractivity contribution in [2.75, 3.05) is 31.0 Å². The summed E-state index contributed by atoms with van der Waals surface area (Å²) in [7, 11) is 3.26. The summed E-state index contributed by atoms with van der Waals surface area (Å²) in [5, 5.41) is 16.6. The van der Waals surface area contributed by atoms with Gasteiger partial charge in [-0.25, -0.2) is 9.99 Å². The highest BCUT2D eigenvalue weighted by molar-refractivity contribution is 6.36. The van der Waals surface area contributed by atoms with Gasteiger partial charge in [0.05, 0.1) is 16.8 Å². The van der Waals surface area contributed by atoms with Crippen molar-refractivity contribution in [2.24, 2.45) is 10.3 Å². The molecule has 0 aliphatic carbocycles. The van der Waals surface area contributed by atoms with Gasteiger partial charge in [0.15, 0.2) is 5.82 Å². The van der Waals surface area contributed by atoms with Crippen LogP contribution in [-0.2, 0) is 4.84 Å². The van der Waals surface area contributed by atoms with E-state index in [0.29, 0.717) is 33.7 Å². The number of benzene rings is 1. The van der Waals surface area contributed by atoms with E-state index in [1.54, 1.807) is 42.5 Å². The van der Waals surface area contributed by atoms with E-state index in [2.05, 4.69) is 37.3 Å². The van der Waals surface area contributed by atoms with Crippen LogP contribution in [0, 0.1) is 6.92 Å². The zero-order valence-corrected chi connectivity index (χ0v) is 21.9. The van der Waals surface area contributed by atoms with Crippen molar-refractivity contribution in [2.45, 2.75) is 33.7 Å². The average Bonchev–Trinajstić information content (AvgIpc) is 2.79. The van der Waals surface area contributed by atoms with E-state index >= 15 is 0 Å². The number of carbonyl (C=O) groups excluding carboxylic acids is 1. The summed E-state index contributed by atoms with van der Waals surface area (Å²) >= 11 is 12.0. The van der Waals surface area contributed by atoms with E-state index in [1.807, 2.05) is 33.8 Å². The summed E-state index contributed by atoms with van der Waals surface area (Å²) in [4.78, 5) is 20.7. The van der Waals surface area contributed by atoms with E-state index in [4.69, 9.17) is 23.2 Å². The molecule has 2 aromatic rings. The zero-order chi connectivity index (χ0) is 25.7. The smallest absolute Gasteiger partial charge is 0.253 e. The minimum Gasteiger partial charge on any atom is -0.399 e. The molecule has 0 aliphatic rings. The second kappa shape index (κ2) is 14.9. The van der Waals surface area contributed by atoms with Gasteiger partial charge < -0.3 is 15.5 Å². The minimum absolute atomic E-state index is 0.107. The number of anilines is 2. The third kappa shape index (κ3) is 9.03. The van der Waals surface area contributed by atoms with Crippen LogP contribution in [0.5, 0.6) is 0 Å². The Labute approximate surface area is 211 Å². The molecule has 0 bridgehead atoms. The van der Waals surface area contributed by atoms with Gasteiger partial charge in [0.2, 0.25) is 0 Å². The van der Waals surface area contributed by atoms with Crippen LogP contribution in [0.15, 0.2) is 53.4 Å². The molecule has 10 heteroatoms. The first-order valence-electron chi connectivity index (χ1n) is 10.6. The van der Waals surface area contributed by atoms with Crippen molar-refractivity contribution in [3.8, 4) is 0 Å². The first-order chi connectivity index (χ1) is 16.2. The lowest BCUT2D eigenvalue weighted by atomic mass is 10.1. The second-order valence-electron chi connectivity index (χ2n) is 7.19. The number of rotatable bonds is 9. The predicted molar refractivity (Wildman–Crippen MR) is 144 cm³/mol. The molecule has 34 heavy (non-hydrogen) atoms. The Balaban J connectivity index is 0.000000342. The molecule has 0 atom stereocenters. The lowest BCUT2D eigenvalue weighted by Crippen LogP contribution is -2.30. The average molecular weight is 507 g/mol. The monoisotopic (exact) mass is 506 g/mol. The van der Waals surface area contributed by atoms with Crippen molar-refractivity contribution in [3.05, 3.63) is 64.3 Å². The van der Waals surface area contributed by atoms with E-state index in [9.17, 15) is 4.79 Å². The number of aryl methyl sites for hydroxylation is 1. The van der Waals surface area contributed by atoms with Gasteiger partial charge in [-0.2, -0.15) is 5.10 Å². The van der Waals surface area contributed by atoms with E-state index in [1.165, 1.54) is 13.3 Å². The highest BCUT2D eigenvalue weighted by Gasteiger charge is 2.14. The van der Waals surface area contributed by atoms with Crippen molar-refractivity contribution in [1.82, 2.24) is 10.3 Å². The molecular formula is C24H32Cl2N6O2. The number of nitrogens with one attached hydrogen (secondary N) is 2. The normalized spacial score (nSPS) is 11.0. The van der Waals surface area contributed by atoms with Crippen molar-refractivity contribution in [3.63, 3.8) is 0 Å². The van der Waals surface area contributed by atoms with Gasteiger partial charge in [-0.15, -0.1) is 0 Å². The summed E-state index contributed by atoms with van der Waals surface area (Å²) in [6.45, 7) is 12.0. The van der Waals surface area contributed by atoms with Crippen LogP contribution >= 0.6 is 23.2 Å². The van der Waals surface area contributed by atoms with Crippen molar-refractivity contribution >= 4 is 52.5 Å². The van der Waals surface area contributed by atoms with Crippen LogP contribution in [0.4, 0.5) is 11.5 Å². The van der Waals surface area contributed by atoms with E-state index in [0.717, 1.165) is 11.3 Å². The molecule has 1 heterocycles. The van der Waals surface area contributed by atoms with Crippen LogP contribution in [0.25, 0.3) is 0 Å². The molecule has 0 aliphatic heterocycles. The quantitative estimate of drug-likeness (QED) is 0.342. The number of amides is 1. The third-order valence-corrected chi connectivity index (χ3v) is 4.75. The molecule has 0 saturated carbocycles. The number of hydrogen-bond acceptors (Lipinski definition) is 7. The fourth-order valence-corrected chi connectivity index (χ4v) is 3.29. The van der Waals surface area contributed by atoms with Gasteiger partial charge in [-0.3, -0.25) is 4.79 Å². The van der Waals surface area contributed by atoms with E-state index < -0.39 is 0 Å². The number of aromatic nitrogens is 1. The summed E-state index contributed by atoms with van der Waals surface area (Å²) in [5.74, 6) is 0.483. The first kappa shape index (κ1) is 28.9. The highest BCUT2D eigenvalue weighted by Crippen LogP contribution is 2.25. The standard InChI is InChI=1S/C12H15ClN4O.C12H17ClN2O/c1-4-10(9-15-18-3)16-17(5-2)12-11(13)7-6-8-14-12;1-7(2)15-12(16)10-6-9(13)5-8(3)11(10)14-4/h4,6-9H,1,5H2,2-3H3;5-7,14H,1-4H3,(H,15,16)/b15-9+,16-10+;. The number of allylic oxidation sites excluding steroid dienone is 1. The van der Waals surface area contributed by atoms with Crippen LogP contribution in [0.1, 0.15) is 36.7 Å². The first-order valence-corrected chi connectivity index (χ1v) is 11.4. The van der Waals surface area contributed by atoms with Crippen molar-refractivity contribution in [1.29, 1.82) is 0 Å². The summed E-state index contributed by atoms with van der Waals surface area (Å²) in [5.41, 5.74) is 2.92. The number of nitrogens with zero attached hydrogens (tertiary/aromatic N) is 4. The molecule has 1 aromatic carbocycles. The maximum Gasteiger partial charge on any atom is 0.253 e. The fourth-order valence-electron chi connectivity index (χ4n) is 2.79. The lowest BCUT2D eigenvalue weighted by Gasteiger charge is -2.17. The Morgan fingerprint density at radius 1 is 1.35 bits per heavy atom. The maximum absolute atomic E-state index is 11.9. The van der Waals surface area contributed by atoms with Crippen LogP contribution in [-0.4, -0.2) is 49.6 Å². The van der Waals surface area contributed by atoms with Crippen molar-refractivity contribution < 1.29 is 9.63 Å². The molecule has 0 saturated heterocycles. The zero-order valence-electron chi connectivity index (χ0n) is 20.4. The number of oxime groups is 1. The molecule has 8 nitrogen and oxygen atoms in total. The molecule has 2 N–H and O–H groups in total. The second-order valence-corrected chi connectivity index (χ2v) is 8.04. The number of halogens is 2. The largest absolute Gasteiger partial charge is 0.399 e. The summed E-state index contributed by atoms with van der Waals surface area (Å²) < 4.78 is 0. The van der Waals surface area contributed by atoms with Crippen LogP contribution in [0.2, 0.25) is 10.0 Å². The van der Waals surface area contributed by atoms with Crippen LogP contribution < -0.4 is 15.6 Å². The Morgan fingerprint density at radius 3 is 2.59 bits per heavy atom. The molecule has 0 spiro atoms. The minimum atomic E-state index is -0.107.